The van der Waals surface area contributed by atoms with E-state index < -0.39 is 11.9 Å². The van der Waals surface area contributed by atoms with Gasteiger partial charge in [-0.05, 0) is 60.0 Å². The van der Waals surface area contributed by atoms with Gasteiger partial charge in [0.15, 0.2) is 17.2 Å². The van der Waals surface area contributed by atoms with Crippen molar-refractivity contribution in [3.63, 3.8) is 0 Å². The fraction of sp³-hybridized carbons (Fsp3) is 0.235. The number of anilines is 1. The molecule has 1 aliphatic heterocycles. The van der Waals surface area contributed by atoms with Crippen molar-refractivity contribution in [2.45, 2.75) is 19.1 Å². The van der Waals surface area contributed by atoms with Crippen LogP contribution in [0.15, 0.2) is 97.1 Å². The van der Waals surface area contributed by atoms with Crippen LogP contribution in [0.25, 0.3) is 0 Å². The molecule has 228 valence electrons. The van der Waals surface area contributed by atoms with Gasteiger partial charge in [0.1, 0.15) is 19.0 Å². The van der Waals surface area contributed by atoms with Gasteiger partial charge in [-0.1, -0.05) is 66.2 Å². The Morgan fingerprint density at radius 3 is 2.43 bits per heavy atom. The second-order valence-corrected chi connectivity index (χ2v) is 10.6. The van der Waals surface area contributed by atoms with Crippen LogP contribution in [0.3, 0.4) is 0 Å². The van der Waals surface area contributed by atoms with E-state index in [0.29, 0.717) is 40.3 Å². The van der Waals surface area contributed by atoms with Gasteiger partial charge in [-0.3, -0.25) is 9.59 Å². The van der Waals surface area contributed by atoms with Crippen molar-refractivity contribution in [1.29, 1.82) is 0 Å². The molecular weight excluding hydrogens is 582 g/mol. The van der Waals surface area contributed by atoms with Crippen molar-refractivity contribution < 1.29 is 28.5 Å². The Morgan fingerprint density at radius 1 is 0.886 bits per heavy atom. The zero-order valence-corrected chi connectivity index (χ0v) is 24.9. The molecule has 0 aromatic heterocycles. The highest BCUT2D eigenvalue weighted by atomic mass is 35.5. The lowest BCUT2D eigenvalue weighted by atomic mass is 10.1. The fourth-order valence-electron chi connectivity index (χ4n) is 4.62. The van der Waals surface area contributed by atoms with Gasteiger partial charge in [0.05, 0.1) is 31.5 Å². The van der Waals surface area contributed by atoms with Crippen LogP contribution < -0.4 is 25.3 Å². The van der Waals surface area contributed by atoms with E-state index in [4.69, 9.17) is 36.3 Å². The van der Waals surface area contributed by atoms with Gasteiger partial charge >= 0.3 is 0 Å². The summed E-state index contributed by atoms with van der Waals surface area (Å²) in [4.78, 5) is 28.1. The third kappa shape index (κ3) is 8.73. The minimum Gasteiger partial charge on any atom is -0.489 e. The topological polar surface area (TPSA) is 112 Å². The summed E-state index contributed by atoms with van der Waals surface area (Å²) < 4.78 is 23.6. The summed E-state index contributed by atoms with van der Waals surface area (Å²) in [6.45, 7) is 1.13. The van der Waals surface area contributed by atoms with Crippen molar-refractivity contribution in [3.05, 3.63) is 113 Å². The lowest BCUT2D eigenvalue weighted by Crippen LogP contribution is -2.48. The molecule has 5 rings (SSSR count). The van der Waals surface area contributed by atoms with Crippen molar-refractivity contribution in [2.24, 2.45) is 5.73 Å². The molecule has 44 heavy (non-hydrogen) atoms. The van der Waals surface area contributed by atoms with Gasteiger partial charge in [0.2, 0.25) is 11.8 Å². The van der Waals surface area contributed by atoms with Crippen LogP contribution in [0.5, 0.6) is 23.0 Å². The Balaban J connectivity index is 1.25. The summed E-state index contributed by atoms with van der Waals surface area (Å²) >= 11 is 6.24. The first-order valence-electron chi connectivity index (χ1n) is 14.3. The molecule has 0 saturated carbocycles. The van der Waals surface area contributed by atoms with Gasteiger partial charge in [-0.25, -0.2) is 0 Å². The third-order valence-electron chi connectivity index (χ3n) is 6.87. The van der Waals surface area contributed by atoms with Gasteiger partial charge in [-0.15, -0.1) is 0 Å². The summed E-state index contributed by atoms with van der Waals surface area (Å²) in [6.07, 6.45) is 0.287. The number of fused-ring (bicyclic) bond motifs is 2. The Bertz CT molecular complexity index is 1550. The Morgan fingerprint density at radius 2 is 1.64 bits per heavy atom. The van der Waals surface area contributed by atoms with E-state index in [9.17, 15) is 9.59 Å². The molecule has 1 heterocycles. The molecule has 0 saturated heterocycles. The highest BCUT2D eigenvalue weighted by Crippen LogP contribution is 2.36. The number of ether oxygens (including phenoxy) is 4. The molecule has 0 fully saturated rings. The first kappa shape index (κ1) is 30.9. The largest absolute Gasteiger partial charge is 0.489 e. The lowest BCUT2D eigenvalue weighted by Gasteiger charge is -2.25. The molecule has 0 unspecified atom stereocenters. The second kappa shape index (κ2) is 15.2. The number of halogens is 1. The highest BCUT2D eigenvalue weighted by Gasteiger charge is 2.24. The number of amides is 2. The quantitative estimate of drug-likeness (QED) is 0.296. The van der Waals surface area contributed by atoms with Gasteiger partial charge < -0.3 is 34.9 Å². The van der Waals surface area contributed by atoms with Crippen LogP contribution in [0, 0.1) is 0 Å². The minimum absolute atomic E-state index is 0.168. The first-order valence-corrected chi connectivity index (χ1v) is 14.7. The number of para-hydroxylation sites is 2. The number of benzene rings is 4. The standard InChI is InChI=1S/C34H34ClN3O6/c35-26-12-15-30-29(21-26)37-33(39)22-38(16-17-41-18-19-42-31-8-4-5-9-32(31)44-30)34(40)28(36)20-24-10-13-27(14-11-24)43-23-25-6-2-1-3-7-25/h1-15,21,28H,16-20,22-23,36H2,(H,37,39)/t28-/m0/s1. The fourth-order valence-corrected chi connectivity index (χ4v) is 4.79. The molecule has 1 atom stereocenters. The Kier molecular flexibility index (Phi) is 10.7. The number of nitrogens with zero attached hydrogens (tertiary/aromatic N) is 1. The zero-order valence-electron chi connectivity index (χ0n) is 24.1. The Labute approximate surface area is 261 Å². The van der Waals surface area contributed by atoms with Crippen LogP contribution in [0.1, 0.15) is 11.1 Å². The summed E-state index contributed by atoms with van der Waals surface area (Å²) in [6, 6.07) is 28.6. The van der Waals surface area contributed by atoms with Crippen LogP contribution in [0.2, 0.25) is 5.02 Å². The maximum absolute atomic E-state index is 13.5. The molecule has 0 radical (unpaired) electrons. The lowest BCUT2D eigenvalue weighted by molar-refractivity contribution is -0.136. The average Bonchev–Trinajstić information content (AvgIpc) is 3.04. The van der Waals surface area contributed by atoms with E-state index in [1.54, 1.807) is 30.3 Å². The van der Waals surface area contributed by atoms with Gasteiger partial charge in [0, 0.05) is 11.6 Å². The van der Waals surface area contributed by atoms with Crippen LogP contribution in [0.4, 0.5) is 5.69 Å². The number of carbonyl (C=O) groups is 2. The van der Waals surface area contributed by atoms with Crippen LogP contribution in [-0.4, -0.2) is 55.7 Å². The van der Waals surface area contributed by atoms with Gasteiger partial charge in [-0.2, -0.15) is 0 Å². The van der Waals surface area contributed by atoms with Crippen molar-refractivity contribution in [2.75, 3.05) is 38.2 Å². The van der Waals surface area contributed by atoms with E-state index in [0.717, 1.165) is 11.1 Å². The number of hydrogen-bond acceptors (Lipinski definition) is 7. The number of carbonyl (C=O) groups excluding carboxylic acids is 2. The van der Waals surface area contributed by atoms with E-state index in [-0.39, 0.29) is 45.2 Å². The maximum atomic E-state index is 13.5. The number of nitrogens with one attached hydrogen (secondary N) is 1. The SMILES string of the molecule is N[C@@H](Cc1ccc(OCc2ccccc2)cc1)C(=O)N1CCOCCOc2ccccc2Oc2ccc(Cl)cc2NC(=O)C1. The van der Waals surface area contributed by atoms with Crippen molar-refractivity contribution in [1.82, 2.24) is 4.90 Å². The first-order chi connectivity index (χ1) is 21.4. The molecule has 3 N–H and O–H groups in total. The van der Waals surface area contributed by atoms with E-state index in [1.807, 2.05) is 66.7 Å². The monoisotopic (exact) mass is 615 g/mol. The van der Waals surface area contributed by atoms with Crippen molar-refractivity contribution >= 4 is 29.1 Å². The summed E-state index contributed by atoms with van der Waals surface area (Å²) in [7, 11) is 0. The molecule has 1 aliphatic rings. The molecule has 4 aromatic rings. The van der Waals surface area contributed by atoms with E-state index in [1.165, 1.54) is 4.90 Å². The molecular formula is C34H34ClN3O6. The normalized spacial score (nSPS) is 14.8. The molecule has 4 aromatic carbocycles. The number of rotatable bonds is 6. The number of hydrogen-bond donors (Lipinski definition) is 2. The predicted molar refractivity (Wildman–Crippen MR) is 168 cm³/mol. The van der Waals surface area contributed by atoms with Gasteiger partial charge in [0.25, 0.3) is 0 Å². The maximum Gasteiger partial charge on any atom is 0.244 e. The minimum atomic E-state index is -0.871. The molecule has 9 nitrogen and oxygen atoms in total. The smallest absolute Gasteiger partial charge is 0.244 e. The number of nitrogens with two attached hydrogens (primary N) is 1. The van der Waals surface area contributed by atoms with Crippen LogP contribution in [-0.2, 0) is 27.4 Å². The van der Waals surface area contributed by atoms with Crippen molar-refractivity contribution in [3.8, 4) is 23.0 Å². The highest BCUT2D eigenvalue weighted by molar-refractivity contribution is 6.31. The van der Waals surface area contributed by atoms with E-state index >= 15 is 0 Å². The predicted octanol–water partition coefficient (Wildman–Crippen LogP) is 5.46. The molecule has 10 heteroatoms. The summed E-state index contributed by atoms with van der Waals surface area (Å²) in [5.41, 5.74) is 8.67. The Hall–Kier alpha value is -4.57. The molecule has 2 amide bonds. The third-order valence-corrected chi connectivity index (χ3v) is 7.10. The second-order valence-electron chi connectivity index (χ2n) is 10.2. The van der Waals surface area contributed by atoms with E-state index in [2.05, 4.69) is 5.32 Å². The summed E-state index contributed by atoms with van der Waals surface area (Å²) in [5, 5.41) is 3.24. The molecule has 0 bridgehead atoms. The molecule has 0 aliphatic carbocycles. The average molecular weight is 616 g/mol. The molecule has 0 spiro atoms. The zero-order chi connectivity index (χ0) is 30.7. The summed E-state index contributed by atoms with van der Waals surface area (Å²) in [5.74, 6) is 1.28. The van der Waals surface area contributed by atoms with Crippen LogP contribution >= 0.6 is 11.6 Å².